The molecule has 0 radical (unpaired) electrons. The van der Waals surface area contributed by atoms with Crippen LogP contribution in [0.1, 0.15) is 12.0 Å². The van der Waals surface area contributed by atoms with Crippen LogP contribution in [0, 0.1) is 0 Å². The van der Waals surface area contributed by atoms with E-state index in [0.29, 0.717) is 26.2 Å². The second kappa shape index (κ2) is 7.19. The zero-order valence-electron chi connectivity index (χ0n) is 15.6. The Morgan fingerprint density at radius 2 is 2.00 bits per heavy atom. The number of hydrogen-bond donors (Lipinski definition) is 1. The molecule has 142 valence electrons. The quantitative estimate of drug-likeness (QED) is 0.903. The minimum Gasteiger partial charge on any atom is -0.361 e. The predicted octanol–water partition coefficient (Wildman–Crippen LogP) is 2.02. The summed E-state index contributed by atoms with van der Waals surface area (Å²) in [7, 11) is 1.79. The van der Waals surface area contributed by atoms with Crippen molar-refractivity contribution in [2.45, 2.75) is 18.4 Å². The molecule has 0 bridgehead atoms. The van der Waals surface area contributed by atoms with E-state index >= 15 is 0 Å². The van der Waals surface area contributed by atoms with E-state index in [9.17, 15) is 9.59 Å². The summed E-state index contributed by atoms with van der Waals surface area (Å²) in [6.45, 7) is 2.43. The van der Waals surface area contributed by atoms with Gasteiger partial charge < -0.3 is 19.9 Å². The number of morpholine rings is 1. The number of likely N-dealkylation sites (tertiary alicyclic amines) is 1. The number of urea groups is 1. The second-order valence-corrected chi connectivity index (χ2v) is 7.51. The van der Waals surface area contributed by atoms with E-state index in [1.54, 1.807) is 16.8 Å². The van der Waals surface area contributed by atoms with Crippen LogP contribution < -0.4 is 5.32 Å². The fourth-order valence-electron chi connectivity index (χ4n) is 4.08. The summed E-state index contributed by atoms with van der Waals surface area (Å²) in [5.74, 6) is -0.00128. The minimum absolute atomic E-state index is 0.00128. The monoisotopic (exact) mass is 367 g/mol. The number of carbonyl (C=O) groups is 2. The highest BCUT2D eigenvalue weighted by atomic mass is 16.5. The molecule has 2 aliphatic heterocycles. The second-order valence-electron chi connectivity index (χ2n) is 7.51. The lowest BCUT2D eigenvalue weighted by atomic mass is 10.0. The van der Waals surface area contributed by atoms with E-state index < -0.39 is 5.60 Å². The maximum Gasteiger partial charge on any atom is 0.317 e. The van der Waals surface area contributed by atoms with Crippen molar-refractivity contribution in [3.63, 3.8) is 0 Å². The van der Waals surface area contributed by atoms with Crippen molar-refractivity contribution < 1.29 is 14.3 Å². The number of benzene rings is 2. The highest BCUT2D eigenvalue weighted by Crippen LogP contribution is 2.29. The summed E-state index contributed by atoms with van der Waals surface area (Å²) >= 11 is 0. The van der Waals surface area contributed by atoms with Crippen LogP contribution in [0.3, 0.4) is 0 Å². The fraction of sp³-hybridized carbons (Fsp3) is 0.429. The average Bonchev–Trinajstić information content (AvgIpc) is 3.09. The molecule has 2 fully saturated rings. The number of ether oxygens (including phenoxy) is 1. The third-order valence-corrected chi connectivity index (χ3v) is 5.61. The molecule has 2 aliphatic rings. The Balaban J connectivity index is 1.32. The molecule has 3 amide bonds. The number of likely N-dealkylation sites (N-methyl/N-ethyl adjacent to an activating group) is 1. The van der Waals surface area contributed by atoms with Crippen molar-refractivity contribution in [1.29, 1.82) is 0 Å². The van der Waals surface area contributed by atoms with E-state index in [1.807, 2.05) is 12.1 Å². The molecule has 2 heterocycles. The predicted molar refractivity (Wildman–Crippen MR) is 104 cm³/mol. The van der Waals surface area contributed by atoms with Gasteiger partial charge in [0.2, 0.25) is 5.91 Å². The Bertz CT molecular complexity index is 863. The van der Waals surface area contributed by atoms with Gasteiger partial charge in [0.05, 0.1) is 13.1 Å². The summed E-state index contributed by atoms with van der Waals surface area (Å²) in [5, 5.41) is 5.48. The van der Waals surface area contributed by atoms with Crippen molar-refractivity contribution in [2.24, 2.45) is 0 Å². The van der Waals surface area contributed by atoms with E-state index in [2.05, 4.69) is 35.6 Å². The maximum absolute atomic E-state index is 12.5. The van der Waals surface area contributed by atoms with Gasteiger partial charge in [0, 0.05) is 20.1 Å². The summed E-state index contributed by atoms with van der Waals surface area (Å²) in [6.07, 6.45) is 1.56. The first kappa shape index (κ1) is 17.8. The van der Waals surface area contributed by atoms with E-state index in [1.165, 1.54) is 16.3 Å². The van der Waals surface area contributed by atoms with Crippen LogP contribution in [0.25, 0.3) is 10.8 Å². The number of hydrogen-bond acceptors (Lipinski definition) is 3. The molecular weight excluding hydrogens is 342 g/mol. The minimum atomic E-state index is -0.407. The smallest absolute Gasteiger partial charge is 0.317 e. The zero-order chi connectivity index (χ0) is 18.9. The summed E-state index contributed by atoms with van der Waals surface area (Å²) in [5.41, 5.74) is 0.831. The Kier molecular flexibility index (Phi) is 4.74. The van der Waals surface area contributed by atoms with Gasteiger partial charge in [-0.05, 0) is 29.2 Å². The summed E-state index contributed by atoms with van der Waals surface area (Å²) in [4.78, 5) is 27.7. The van der Waals surface area contributed by atoms with Gasteiger partial charge in [-0.3, -0.25) is 4.79 Å². The largest absolute Gasteiger partial charge is 0.361 e. The van der Waals surface area contributed by atoms with Crippen LogP contribution >= 0.6 is 0 Å². The third kappa shape index (κ3) is 3.62. The van der Waals surface area contributed by atoms with Gasteiger partial charge in [0.1, 0.15) is 12.2 Å². The van der Waals surface area contributed by atoms with Crippen molar-refractivity contribution in [2.75, 3.05) is 39.8 Å². The zero-order valence-corrected chi connectivity index (χ0v) is 15.6. The topological polar surface area (TPSA) is 61.9 Å². The van der Waals surface area contributed by atoms with Gasteiger partial charge in [-0.1, -0.05) is 42.5 Å². The first-order valence-corrected chi connectivity index (χ1v) is 9.44. The molecule has 1 spiro atoms. The molecule has 0 aromatic heterocycles. The van der Waals surface area contributed by atoms with Gasteiger partial charge in [0.25, 0.3) is 0 Å². The Morgan fingerprint density at radius 3 is 2.85 bits per heavy atom. The molecule has 1 unspecified atom stereocenters. The average molecular weight is 367 g/mol. The van der Waals surface area contributed by atoms with Gasteiger partial charge in [-0.15, -0.1) is 0 Å². The highest BCUT2D eigenvalue weighted by Gasteiger charge is 2.45. The number of nitrogens with one attached hydrogen (secondary N) is 1. The third-order valence-electron chi connectivity index (χ3n) is 5.61. The standard InChI is InChI=1S/C21H25N3O3/c1-23-14-21(27-13-19(23)25)10-12-24(15-21)20(26)22-11-9-17-7-4-6-16-5-2-3-8-18(16)17/h2-8H,9-15H2,1H3,(H,22,26). The molecule has 1 N–H and O–H groups in total. The highest BCUT2D eigenvalue weighted by molar-refractivity contribution is 5.85. The van der Waals surface area contributed by atoms with Gasteiger partial charge in [-0.25, -0.2) is 4.79 Å². The molecule has 4 rings (SSSR count). The van der Waals surface area contributed by atoms with Crippen LogP contribution in [-0.2, 0) is 16.0 Å². The molecule has 2 aromatic carbocycles. The molecule has 6 heteroatoms. The van der Waals surface area contributed by atoms with Gasteiger partial charge >= 0.3 is 6.03 Å². The number of amides is 3. The number of carbonyl (C=O) groups excluding carboxylic acids is 2. The van der Waals surface area contributed by atoms with Crippen molar-refractivity contribution in [3.8, 4) is 0 Å². The maximum atomic E-state index is 12.5. The Hall–Kier alpha value is -2.60. The van der Waals surface area contributed by atoms with Crippen LogP contribution in [0.5, 0.6) is 0 Å². The van der Waals surface area contributed by atoms with Crippen LogP contribution in [0.4, 0.5) is 4.79 Å². The molecule has 0 aliphatic carbocycles. The SMILES string of the molecule is CN1CC2(CCN(C(=O)NCCc3cccc4ccccc34)C2)OCC1=O. The summed E-state index contributed by atoms with van der Waals surface area (Å²) < 4.78 is 5.80. The number of rotatable bonds is 3. The van der Waals surface area contributed by atoms with Crippen molar-refractivity contribution in [3.05, 3.63) is 48.0 Å². The van der Waals surface area contributed by atoms with E-state index in [0.717, 1.165) is 12.8 Å². The Morgan fingerprint density at radius 1 is 1.19 bits per heavy atom. The normalized spacial score (nSPS) is 22.6. The Labute approximate surface area is 159 Å². The first-order chi connectivity index (χ1) is 13.1. The van der Waals surface area contributed by atoms with Crippen molar-refractivity contribution in [1.82, 2.24) is 15.1 Å². The lowest BCUT2D eigenvalue weighted by molar-refractivity contribution is -0.158. The molecule has 2 saturated heterocycles. The molecular formula is C21H25N3O3. The molecule has 0 saturated carbocycles. The molecule has 27 heavy (non-hydrogen) atoms. The lowest BCUT2D eigenvalue weighted by Crippen LogP contribution is -2.55. The van der Waals surface area contributed by atoms with Gasteiger partial charge in [0.15, 0.2) is 0 Å². The lowest BCUT2D eigenvalue weighted by Gasteiger charge is -2.38. The first-order valence-electron chi connectivity index (χ1n) is 9.44. The number of nitrogens with zero attached hydrogens (tertiary/aromatic N) is 2. The fourth-order valence-corrected chi connectivity index (χ4v) is 4.08. The van der Waals surface area contributed by atoms with E-state index in [4.69, 9.17) is 4.74 Å². The van der Waals surface area contributed by atoms with Crippen LogP contribution in [0.15, 0.2) is 42.5 Å². The molecule has 1 atom stereocenters. The van der Waals surface area contributed by atoms with Gasteiger partial charge in [-0.2, -0.15) is 0 Å². The number of fused-ring (bicyclic) bond motifs is 1. The molecule has 2 aromatic rings. The van der Waals surface area contributed by atoms with E-state index in [-0.39, 0.29) is 18.5 Å². The van der Waals surface area contributed by atoms with Crippen molar-refractivity contribution >= 4 is 22.7 Å². The molecule has 6 nitrogen and oxygen atoms in total. The van der Waals surface area contributed by atoms with Crippen LogP contribution in [0.2, 0.25) is 0 Å². The summed E-state index contributed by atoms with van der Waals surface area (Å²) in [6, 6.07) is 14.5. The van der Waals surface area contributed by atoms with Crippen LogP contribution in [-0.4, -0.2) is 67.2 Å².